The van der Waals surface area contributed by atoms with E-state index < -0.39 is 0 Å². The summed E-state index contributed by atoms with van der Waals surface area (Å²) in [6, 6.07) is 12.1. The molecule has 0 aliphatic carbocycles. The van der Waals surface area contributed by atoms with Crippen LogP contribution in [0.3, 0.4) is 0 Å². The Morgan fingerprint density at radius 3 is 2.48 bits per heavy atom. The number of benzene rings is 2. The number of hydrogen-bond acceptors (Lipinski definition) is 3. The highest BCUT2D eigenvalue weighted by atomic mass is 32.1. The molecule has 0 aliphatic heterocycles. The van der Waals surface area contributed by atoms with Gasteiger partial charge in [-0.25, -0.2) is 4.98 Å². The second-order valence-electron chi connectivity index (χ2n) is 5.59. The van der Waals surface area contributed by atoms with Crippen molar-refractivity contribution in [3.05, 3.63) is 58.1 Å². The summed E-state index contributed by atoms with van der Waals surface area (Å²) in [5.41, 5.74) is 5.50. The minimum absolute atomic E-state index is 0.0617. The zero-order valence-corrected chi connectivity index (χ0v) is 14.2. The van der Waals surface area contributed by atoms with Crippen molar-refractivity contribution in [3.63, 3.8) is 0 Å². The predicted octanol–water partition coefficient (Wildman–Crippen LogP) is 5.04. The van der Waals surface area contributed by atoms with Crippen LogP contribution in [0, 0.1) is 13.8 Å². The molecule has 0 saturated heterocycles. The molecule has 0 fully saturated rings. The Morgan fingerprint density at radius 1 is 1.09 bits per heavy atom. The lowest BCUT2D eigenvalue weighted by molar-refractivity contribution is -0.114. The zero-order chi connectivity index (χ0) is 16.4. The first-order valence-corrected chi connectivity index (χ1v) is 8.26. The smallest absolute Gasteiger partial charge is 0.221 e. The molecule has 0 saturated carbocycles. The minimum atomic E-state index is -0.0617. The molecule has 0 atom stereocenters. The van der Waals surface area contributed by atoms with Crippen LogP contribution in [0.2, 0.25) is 0 Å². The number of hydrogen-bond donors (Lipinski definition) is 1. The van der Waals surface area contributed by atoms with Crippen LogP contribution in [0.5, 0.6) is 0 Å². The van der Waals surface area contributed by atoms with Crippen LogP contribution in [-0.2, 0) is 4.79 Å². The number of nitrogens with one attached hydrogen (secondary N) is 1. The standard InChI is InChI=1S/C19H18N2OS/c1-12-10-17-18(11-13(12)2)23-19(21-17)9-6-15-4-7-16(8-5-15)20-14(3)22/h4-11H,1-3H3,(H,20,22)/b9-6+. The van der Waals surface area contributed by atoms with E-state index in [0.717, 1.165) is 21.8 Å². The van der Waals surface area contributed by atoms with Gasteiger partial charge in [0.15, 0.2) is 0 Å². The second-order valence-corrected chi connectivity index (χ2v) is 6.66. The molecular weight excluding hydrogens is 304 g/mol. The Bertz CT molecular complexity index is 853. The van der Waals surface area contributed by atoms with Crippen LogP contribution < -0.4 is 5.32 Å². The van der Waals surface area contributed by atoms with Gasteiger partial charge in [-0.2, -0.15) is 0 Å². The first kappa shape index (κ1) is 15.4. The van der Waals surface area contributed by atoms with Crippen LogP contribution in [0.25, 0.3) is 22.4 Å². The summed E-state index contributed by atoms with van der Waals surface area (Å²) in [5.74, 6) is -0.0617. The van der Waals surface area contributed by atoms with Gasteiger partial charge in [0.1, 0.15) is 5.01 Å². The Balaban J connectivity index is 1.80. The van der Waals surface area contributed by atoms with Crippen LogP contribution in [0.15, 0.2) is 36.4 Å². The maximum absolute atomic E-state index is 11.0. The van der Waals surface area contributed by atoms with Crippen LogP contribution in [0.4, 0.5) is 5.69 Å². The number of fused-ring (bicyclic) bond motifs is 1. The summed E-state index contributed by atoms with van der Waals surface area (Å²) < 4.78 is 1.22. The molecule has 0 aliphatic rings. The zero-order valence-electron chi connectivity index (χ0n) is 13.4. The maximum Gasteiger partial charge on any atom is 0.221 e. The average Bonchev–Trinajstić information content (AvgIpc) is 2.88. The summed E-state index contributed by atoms with van der Waals surface area (Å²) in [4.78, 5) is 15.7. The Hall–Kier alpha value is -2.46. The van der Waals surface area contributed by atoms with E-state index >= 15 is 0 Å². The molecule has 0 radical (unpaired) electrons. The highest BCUT2D eigenvalue weighted by Crippen LogP contribution is 2.26. The molecule has 4 heteroatoms. The van der Waals surface area contributed by atoms with E-state index in [2.05, 4.69) is 36.3 Å². The largest absolute Gasteiger partial charge is 0.326 e. The van der Waals surface area contributed by atoms with E-state index in [1.165, 1.54) is 22.8 Å². The van der Waals surface area contributed by atoms with Crippen LogP contribution >= 0.6 is 11.3 Å². The Morgan fingerprint density at radius 2 is 1.78 bits per heavy atom. The summed E-state index contributed by atoms with van der Waals surface area (Å²) in [5, 5.41) is 3.76. The van der Waals surface area contributed by atoms with Gasteiger partial charge >= 0.3 is 0 Å². The number of aromatic nitrogens is 1. The molecule has 116 valence electrons. The lowest BCUT2D eigenvalue weighted by Crippen LogP contribution is -2.05. The van der Waals surface area contributed by atoms with E-state index in [1.54, 1.807) is 11.3 Å². The van der Waals surface area contributed by atoms with E-state index in [4.69, 9.17) is 0 Å². The fraction of sp³-hybridized carbons (Fsp3) is 0.158. The third-order valence-corrected chi connectivity index (χ3v) is 4.65. The minimum Gasteiger partial charge on any atom is -0.326 e. The van der Waals surface area contributed by atoms with E-state index in [0.29, 0.717) is 0 Å². The van der Waals surface area contributed by atoms with Crippen molar-refractivity contribution in [2.75, 3.05) is 5.32 Å². The Kier molecular flexibility index (Phi) is 4.26. The number of carbonyl (C=O) groups excluding carboxylic acids is 1. The fourth-order valence-corrected chi connectivity index (χ4v) is 3.27. The van der Waals surface area contributed by atoms with Gasteiger partial charge in [0.25, 0.3) is 0 Å². The van der Waals surface area contributed by atoms with Crippen molar-refractivity contribution in [1.82, 2.24) is 4.98 Å². The van der Waals surface area contributed by atoms with Gasteiger partial charge in [-0.15, -0.1) is 11.3 Å². The summed E-state index contributed by atoms with van der Waals surface area (Å²) in [6.07, 6.45) is 4.07. The van der Waals surface area contributed by atoms with E-state index in [-0.39, 0.29) is 5.91 Å². The van der Waals surface area contributed by atoms with Gasteiger partial charge in [-0.3, -0.25) is 4.79 Å². The number of carbonyl (C=O) groups is 1. The van der Waals surface area contributed by atoms with Crippen molar-refractivity contribution >= 4 is 45.3 Å². The molecule has 1 amide bonds. The number of aryl methyl sites for hydroxylation is 2. The maximum atomic E-state index is 11.0. The quantitative estimate of drug-likeness (QED) is 0.734. The number of thiazole rings is 1. The van der Waals surface area contributed by atoms with Gasteiger partial charge in [0.2, 0.25) is 5.91 Å². The molecule has 3 rings (SSSR count). The average molecular weight is 322 g/mol. The first-order chi connectivity index (χ1) is 11.0. The third-order valence-electron chi connectivity index (χ3n) is 3.67. The summed E-state index contributed by atoms with van der Waals surface area (Å²) in [6.45, 7) is 5.74. The van der Waals surface area contributed by atoms with Gasteiger partial charge in [-0.05, 0) is 60.9 Å². The molecular formula is C19H18N2OS. The number of nitrogens with zero attached hydrogens (tertiary/aromatic N) is 1. The molecule has 0 unspecified atom stereocenters. The van der Waals surface area contributed by atoms with Gasteiger partial charge in [0, 0.05) is 12.6 Å². The molecule has 0 spiro atoms. The molecule has 2 aromatic carbocycles. The molecule has 3 nitrogen and oxygen atoms in total. The number of anilines is 1. The van der Waals surface area contributed by atoms with Crippen LogP contribution in [0.1, 0.15) is 28.6 Å². The molecule has 1 aromatic heterocycles. The van der Waals surface area contributed by atoms with Crippen molar-refractivity contribution in [3.8, 4) is 0 Å². The van der Waals surface area contributed by atoms with Gasteiger partial charge < -0.3 is 5.32 Å². The SMILES string of the molecule is CC(=O)Nc1ccc(/C=C/c2nc3cc(C)c(C)cc3s2)cc1. The summed E-state index contributed by atoms with van der Waals surface area (Å²) in [7, 11) is 0. The Labute approximate surface area is 139 Å². The number of rotatable bonds is 3. The molecule has 23 heavy (non-hydrogen) atoms. The highest BCUT2D eigenvalue weighted by Gasteiger charge is 2.03. The highest BCUT2D eigenvalue weighted by molar-refractivity contribution is 7.19. The van der Waals surface area contributed by atoms with E-state index in [9.17, 15) is 4.79 Å². The predicted molar refractivity (Wildman–Crippen MR) is 98.8 cm³/mol. The number of amides is 1. The van der Waals surface area contributed by atoms with Gasteiger partial charge in [-0.1, -0.05) is 18.2 Å². The lowest BCUT2D eigenvalue weighted by atomic mass is 10.1. The topological polar surface area (TPSA) is 42.0 Å². The first-order valence-electron chi connectivity index (χ1n) is 7.45. The van der Waals surface area contributed by atoms with Crippen molar-refractivity contribution in [2.24, 2.45) is 0 Å². The molecule has 0 bridgehead atoms. The van der Waals surface area contributed by atoms with Gasteiger partial charge in [0.05, 0.1) is 10.2 Å². The van der Waals surface area contributed by atoms with Crippen molar-refractivity contribution in [2.45, 2.75) is 20.8 Å². The van der Waals surface area contributed by atoms with E-state index in [1.807, 2.05) is 36.4 Å². The van der Waals surface area contributed by atoms with Crippen molar-refractivity contribution in [1.29, 1.82) is 0 Å². The normalized spacial score (nSPS) is 11.3. The second kappa shape index (κ2) is 6.34. The fourth-order valence-electron chi connectivity index (χ4n) is 2.32. The monoisotopic (exact) mass is 322 g/mol. The lowest BCUT2D eigenvalue weighted by Gasteiger charge is -2.01. The van der Waals surface area contributed by atoms with Crippen molar-refractivity contribution < 1.29 is 4.79 Å². The van der Waals surface area contributed by atoms with Crippen LogP contribution in [-0.4, -0.2) is 10.9 Å². The molecule has 3 aromatic rings. The summed E-state index contributed by atoms with van der Waals surface area (Å²) >= 11 is 1.70. The third kappa shape index (κ3) is 3.66. The molecule has 1 heterocycles. The molecule has 1 N–H and O–H groups in total.